The van der Waals surface area contributed by atoms with Crippen molar-refractivity contribution in [3.63, 3.8) is 0 Å². The molecule has 0 atom stereocenters. The molecule has 0 bridgehead atoms. The van der Waals surface area contributed by atoms with E-state index in [-0.39, 0.29) is 5.82 Å². The van der Waals surface area contributed by atoms with Gasteiger partial charge in [-0.3, -0.25) is 4.98 Å². The van der Waals surface area contributed by atoms with E-state index in [2.05, 4.69) is 0 Å². The number of aryl methyl sites for hydroxylation is 2. The molecular formula is C15H15ClFN. The summed E-state index contributed by atoms with van der Waals surface area (Å²) in [5.41, 5.74) is 3.95. The quantitative estimate of drug-likeness (QED) is 0.633. The van der Waals surface area contributed by atoms with E-state index in [0.717, 1.165) is 47.0 Å². The van der Waals surface area contributed by atoms with Crippen molar-refractivity contribution in [2.75, 3.05) is 0 Å². The Morgan fingerprint density at radius 1 is 1.17 bits per heavy atom. The van der Waals surface area contributed by atoms with E-state index >= 15 is 0 Å². The molecule has 0 unspecified atom stereocenters. The number of rotatable bonds is 0. The molecule has 0 radical (unpaired) electrons. The van der Waals surface area contributed by atoms with Crippen molar-refractivity contribution in [3.05, 3.63) is 39.8 Å². The van der Waals surface area contributed by atoms with Gasteiger partial charge in [-0.25, -0.2) is 4.39 Å². The summed E-state index contributed by atoms with van der Waals surface area (Å²) in [5.74, 6) is -0.239. The van der Waals surface area contributed by atoms with Crippen molar-refractivity contribution in [1.82, 2.24) is 4.98 Å². The Morgan fingerprint density at radius 3 is 2.78 bits per heavy atom. The number of benzene rings is 1. The Balaban J connectivity index is 2.34. The molecule has 0 amide bonds. The number of halogens is 2. The van der Waals surface area contributed by atoms with Crippen molar-refractivity contribution in [1.29, 1.82) is 0 Å². The molecule has 18 heavy (non-hydrogen) atoms. The van der Waals surface area contributed by atoms with E-state index in [9.17, 15) is 4.39 Å². The summed E-state index contributed by atoms with van der Waals surface area (Å²) in [6.07, 6.45) is 5.49. The first kappa shape index (κ1) is 11.9. The minimum absolute atomic E-state index is 0.239. The topological polar surface area (TPSA) is 12.9 Å². The molecule has 1 aromatic carbocycles. The maximum Gasteiger partial charge on any atom is 0.124 e. The number of aromatic nitrogens is 1. The molecule has 0 N–H and O–H groups in total. The van der Waals surface area contributed by atoms with Crippen LogP contribution in [0.3, 0.4) is 0 Å². The number of pyridine rings is 1. The van der Waals surface area contributed by atoms with Gasteiger partial charge in [-0.05, 0) is 55.9 Å². The molecule has 0 saturated heterocycles. The molecular weight excluding hydrogens is 249 g/mol. The van der Waals surface area contributed by atoms with E-state index in [4.69, 9.17) is 16.6 Å². The molecule has 0 aliphatic heterocycles. The van der Waals surface area contributed by atoms with Crippen LogP contribution in [0.25, 0.3) is 10.9 Å². The fourth-order valence-electron chi connectivity index (χ4n) is 2.77. The summed E-state index contributed by atoms with van der Waals surface area (Å²) in [4.78, 5) is 4.73. The Hall–Kier alpha value is -1.15. The van der Waals surface area contributed by atoms with Crippen molar-refractivity contribution >= 4 is 22.5 Å². The molecule has 94 valence electrons. The van der Waals surface area contributed by atoms with Gasteiger partial charge in [0.15, 0.2) is 0 Å². The summed E-state index contributed by atoms with van der Waals surface area (Å²) in [7, 11) is 0. The second-order valence-corrected chi connectivity index (χ2v) is 5.41. The number of hydrogen-bond acceptors (Lipinski definition) is 1. The van der Waals surface area contributed by atoms with Crippen molar-refractivity contribution in [2.45, 2.75) is 39.0 Å². The molecule has 1 aromatic heterocycles. The summed E-state index contributed by atoms with van der Waals surface area (Å²) < 4.78 is 13.5. The van der Waals surface area contributed by atoms with Gasteiger partial charge in [0.1, 0.15) is 5.82 Å². The highest BCUT2D eigenvalue weighted by Crippen LogP contribution is 2.33. The summed E-state index contributed by atoms with van der Waals surface area (Å²) in [5, 5.41) is 1.47. The van der Waals surface area contributed by atoms with Crippen molar-refractivity contribution in [3.8, 4) is 0 Å². The van der Waals surface area contributed by atoms with Gasteiger partial charge in [0.2, 0.25) is 0 Å². The molecule has 1 aliphatic carbocycles. The van der Waals surface area contributed by atoms with Gasteiger partial charge in [-0.2, -0.15) is 0 Å². The van der Waals surface area contributed by atoms with Crippen LogP contribution >= 0.6 is 11.6 Å². The van der Waals surface area contributed by atoms with Gasteiger partial charge in [0.25, 0.3) is 0 Å². The summed E-state index contributed by atoms with van der Waals surface area (Å²) in [6, 6.07) is 3.03. The van der Waals surface area contributed by atoms with Crippen LogP contribution in [0.15, 0.2) is 12.1 Å². The Bertz CT molecular complexity index is 622. The fraction of sp³-hybridized carbons (Fsp3) is 0.400. The average Bonchev–Trinajstić information content (AvgIpc) is 2.56. The van der Waals surface area contributed by atoms with Crippen LogP contribution in [0, 0.1) is 12.7 Å². The van der Waals surface area contributed by atoms with Gasteiger partial charge in [0.05, 0.1) is 10.5 Å². The maximum atomic E-state index is 13.5. The van der Waals surface area contributed by atoms with Gasteiger partial charge >= 0.3 is 0 Å². The zero-order valence-electron chi connectivity index (χ0n) is 10.4. The molecule has 3 heteroatoms. The lowest BCUT2D eigenvalue weighted by Crippen LogP contribution is -1.99. The van der Waals surface area contributed by atoms with E-state index in [1.165, 1.54) is 25.0 Å². The highest BCUT2D eigenvalue weighted by atomic mass is 35.5. The van der Waals surface area contributed by atoms with Crippen LogP contribution in [-0.2, 0) is 12.8 Å². The number of hydrogen-bond donors (Lipinski definition) is 0. The monoisotopic (exact) mass is 263 g/mol. The summed E-state index contributed by atoms with van der Waals surface area (Å²) in [6.45, 7) is 1.89. The number of nitrogens with zero attached hydrogens (tertiary/aromatic N) is 1. The fourth-order valence-corrected chi connectivity index (χ4v) is 3.12. The standard InChI is InChI=1S/C15H15ClFN/c1-9-7-10(17)8-12-14(16)11-5-3-2-4-6-13(11)18-15(9)12/h7-8H,2-6H2,1H3. The van der Waals surface area contributed by atoms with E-state index in [0.29, 0.717) is 5.02 Å². The lowest BCUT2D eigenvalue weighted by Gasteiger charge is -2.12. The van der Waals surface area contributed by atoms with E-state index < -0.39 is 0 Å². The third-order valence-electron chi connectivity index (χ3n) is 3.70. The van der Waals surface area contributed by atoms with Gasteiger partial charge < -0.3 is 0 Å². The normalized spacial score (nSPS) is 15.5. The van der Waals surface area contributed by atoms with Gasteiger partial charge in [-0.1, -0.05) is 18.0 Å². The second kappa shape index (κ2) is 4.51. The SMILES string of the molecule is Cc1cc(F)cc2c(Cl)c3c(nc12)CCCCC3. The molecule has 0 spiro atoms. The van der Waals surface area contributed by atoms with Crippen LogP contribution in [-0.4, -0.2) is 4.98 Å². The molecule has 1 heterocycles. The molecule has 0 saturated carbocycles. The highest BCUT2D eigenvalue weighted by molar-refractivity contribution is 6.36. The Morgan fingerprint density at radius 2 is 1.94 bits per heavy atom. The van der Waals surface area contributed by atoms with Crippen LogP contribution in [0.1, 0.15) is 36.1 Å². The first-order chi connectivity index (χ1) is 8.66. The smallest absolute Gasteiger partial charge is 0.124 e. The lowest BCUT2D eigenvalue weighted by molar-refractivity contribution is 0.628. The first-order valence-electron chi connectivity index (χ1n) is 6.44. The highest BCUT2D eigenvalue weighted by Gasteiger charge is 2.17. The van der Waals surface area contributed by atoms with E-state index in [1.54, 1.807) is 0 Å². The second-order valence-electron chi connectivity index (χ2n) is 5.03. The lowest BCUT2D eigenvalue weighted by atomic mass is 10.0. The van der Waals surface area contributed by atoms with Crippen LogP contribution in [0.2, 0.25) is 5.02 Å². The average molecular weight is 264 g/mol. The Kier molecular flexibility index (Phi) is 2.98. The van der Waals surface area contributed by atoms with Crippen LogP contribution in [0.5, 0.6) is 0 Å². The minimum Gasteiger partial charge on any atom is -0.252 e. The predicted molar refractivity (Wildman–Crippen MR) is 72.7 cm³/mol. The van der Waals surface area contributed by atoms with Crippen LogP contribution in [0.4, 0.5) is 4.39 Å². The molecule has 1 nitrogen and oxygen atoms in total. The van der Waals surface area contributed by atoms with E-state index in [1.807, 2.05) is 6.92 Å². The number of fused-ring (bicyclic) bond motifs is 2. The molecule has 0 fully saturated rings. The molecule has 2 aromatic rings. The zero-order chi connectivity index (χ0) is 12.7. The van der Waals surface area contributed by atoms with Crippen molar-refractivity contribution < 1.29 is 4.39 Å². The van der Waals surface area contributed by atoms with Gasteiger partial charge in [0, 0.05) is 11.1 Å². The largest absolute Gasteiger partial charge is 0.252 e. The summed E-state index contributed by atoms with van der Waals surface area (Å²) >= 11 is 6.47. The zero-order valence-corrected chi connectivity index (χ0v) is 11.1. The first-order valence-corrected chi connectivity index (χ1v) is 6.81. The maximum absolute atomic E-state index is 13.5. The molecule has 1 aliphatic rings. The Labute approximate surface area is 111 Å². The van der Waals surface area contributed by atoms with Crippen LogP contribution < -0.4 is 0 Å². The third-order valence-corrected chi connectivity index (χ3v) is 4.13. The third kappa shape index (κ3) is 1.89. The predicted octanol–water partition coefficient (Wildman–Crippen LogP) is 4.60. The van der Waals surface area contributed by atoms with Crippen molar-refractivity contribution in [2.24, 2.45) is 0 Å². The molecule has 3 rings (SSSR count). The minimum atomic E-state index is -0.239. The van der Waals surface area contributed by atoms with Gasteiger partial charge in [-0.15, -0.1) is 0 Å².